The number of halogens is 2. The molecule has 4 nitrogen and oxygen atoms in total. The third kappa shape index (κ3) is 3.62. The predicted octanol–water partition coefficient (Wildman–Crippen LogP) is 3.82. The maximum absolute atomic E-state index is 12.4. The number of amides is 1. The molecule has 1 N–H and O–H groups in total. The van der Waals surface area contributed by atoms with Crippen LogP contribution in [0.25, 0.3) is 0 Å². The van der Waals surface area contributed by atoms with Crippen LogP contribution in [0, 0.1) is 0 Å². The first-order valence-electron chi connectivity index (χ1n) is 6.96. The summed E-state index contributed by atoms with van der Waals surface area (Å²) in [5.74, 6) is -0.965. The Morgan fingerprint density at radius 2 is 2.00 bits per heavy atom. The van der Waals surface area contributed by atoms with Crippen LogP contribution < -0.4 is 5.32 Å². The molecule has 1 amide bonds. The Morgan fingerprint density at radius 1 is 1.32 bits per heavy atom. The van der Waals surface area contributed by atoms with E-state index in [4.69, 9.17) is 27.9 Å². The molecule has 0 spiro atoms. The fraction of sp³-hybridized carbons (Fsp3) is 0.375. The summed E-state index contributed by atoms with van der Waals surface area (Å²) < 4.78 is 5.29. The predicted molar refractivity (Wildman–Crippen MR) is 85.9 cm³/mol. The average molecular weight is 342 g/mol. The Bertz CT molecular complexity index is 653. The fourth-order valence-corrected chi connectivity index (χ4v) is 2.77. The largest absolute Gasteiger partial charge is 0.460 e. The second-order valence-electron chi connectivity index (χ2n) is 5.47. The molecule has 1 atom stereocenters. The highest BCUT2D eigenvalue weighted by molar-refractivity contribution is 6.42. The van der Waals surface area contributed by atoms with Crippen molar-refractivity contribution in [2.75, 3.05) is 0 Å². The number of hydrogen-bond donors (Lipinski definition) is 1. The van der Waals surface area contributed by atoms with E-state index in [1.165, 1.54) is 0 Å². The normalized spacial score (nSPS) is 18.5. The number of rotatable bonds is 3. The Morgan fingerprint density at radius 3 is 2.59 bits per heavy atom. The van der Waals surface area contributed by atoms with Crippen molar-refractivity contribution in [1.29, 1.82) is 0 Å². The van der Waals surface area contributed by atoms with Crippen molar-refractivity contribution in [1.82, 2.24) is 5.32 Å². The van der Waals surface area contributed by atoms with Crippen LogP contribution in [0.3, 0.4) is 0 Å². The van der Waals surface area contributed by atoms with Gasteiger partial charge in [0.05, 0.1) is 21.7 Å². The summed E-state index contributed by atoms with van der Waals surface area (Å²) in [5.41, 5.74) is 1.73. The van der Waals surface area contributed by atoms with Gasteiger partial charge in [0.15, 0.2) is 0 Å². The molecule has 0 radical (unpaired) electrons. The molecular formula is C16H17Cl2NO3. The first-order valence-corrected chi connectivity index (χ1v) is 7.71. The topological polar surface area (TPSA) is 55.4 Å². The van der Waals surface area contributed by atoms with E-state index in [1.54, 1.807) is 39.0 Å². The first-order chi connectivity index (χ1) is 10.3. The molecule has 0 fully saturated rings. The lowest BCUT2D eigenvalue weighted by molar-refractivity contribution is -0.143. The molecule has 118 valence electrons. The summed E-state index contributed by atoms with van der Waals surface area (Å²) in [6, 6.07) is 5.11. The van der Waals surface area contributed by atoms with Crippen LogP contribution >= 0.6 is 23.2 Å². The van der Waals surface area contributed by atoms with Gasteiger partial charge < -0.3 is 10.1 Å². The summed E-state index contributed by atoms with van der Waals surface area (Å²) in [5, 5.41) is 3.51. The van der Waals surface area contributed by atoms with Crippen LogP contribution in [-0.4, -0.2) is 18.0 Å². The molecule has 1 aliphatic heterocycles. The average Bonchev–Trinajstić information content (AvgIpc) is 2.39. The van der Waals surface area contributed by atoms with Crippen LogP contribution in [0.1, 0.15) is 38.7 Å². The minimum atomic E-state index is -0.427. The summed E-state index contributed by atoms with van der Waals surface area (Å²) >= 11 is 12.0. The molecule has 1 heterocycles. The number of carbonyl (C=O) groups is 2. The third-order valence-electron chi connectivity index (χ3n) is 3.38. The zero-order valence-corrected chi connectivity index (χ0v) is 14.1. The van der Waals surface area contributed by atoms with Gasteiger partial charge in [-0.1, -0.05) is 29.3 Å². The first kappa shape index (κ1) is 16.8. The van der Waals surface area contributed by atoms with Crippen molar-refractivity contribution in [3.63, 3.8) is 0 Å². The SMILES string of the molecule is CC1=C(C(=O)OC(C)C)C(c2ccc(Cl)c(Cl)c2)CC(=O)N1. The highest BCUT2D eigenvalue weighted by Gasteiger charge is 2.33. The van der Waals surface area contributed by atoms with Crippen molar-refractivity contribution >= 4 is 35.1 Å². The number of ether oxygens (including phenoxy) is 1. The van der Waals surface area contributed by atoms with Crippen molar-refractivity contribution < 1.29 is 14.3 Å². The van der Waals surface area contributed by atoms with Crippen LogP contribution in [0.4, 0.5) is 0 Å². The van der Waals surface area contributed by atoms with Crippen molar-refractivity contribution in [3.8, 4) is 0 Å². The van der Waals surface area contributed by atoms with Gasteiger partial charge in [-0.15, -0.1) is 0 Å². The zero-order valence-electron chi connectivity index (χ0n) is 12.6. The van der Waals surface area contributed by atoms with Crippen LogP contribution in [0.5, 0.6) is 0 Å². The van der Waals surface area contributed by atoms with Gasteiger partial charge in [0.25, 0.3) is 0 Å². The molecule has 0 bridgehead atoms. The van der Waals surface area contributed by atoms with E-state index in [-0.39, 0.29) is 18.4 Å². The highest BCUT2D eigenvalue weighted by Crippen LogP contribution is 2.36. The van der Waals surface area contributed by atoms with Gasteiger partial charge in [-0.3, -0.25) is 4.79 Å². The van der Waals surface area contributed by atoms with Gasteiger partial charge in [0.1, 0.15) is 0 Å². The van der Waals surface area contributed by atoms with E-state index in [9.17, 15) is 9.59 Å². The molecule has 6 heteroatoms. The lowest BCUT2D eigenvalue weighted by Crippen LogP contribution is -2.34. The monoisotopic (exact) mass is 341 g/mol. The summed E-state index contributed by atoms with van der Waals surface area (Å²) in [6.07, 6.45) is -0.0717. The summed E-state index contributed by atoms with van der Waals surface area (Å²) in [6.45, 7) is 5.26. The molecule has 1 aromatic carbocycles. The number of carbonyl (C=O) groups excluding carboxylic acids is 2. The lowest BCUT2D eigenvalue weighted by Gasteiger charge is -2.27. The standard InChI is InChI=1S/C16H17Cl2NO3/c1-8(2)22-16(21)15-9(3)19-14(20)7-11(15)10-4-5-12(17)13(18)6-10/h4-6,8,11H,7H2,1-3H3,(H,19,20). The minimum absolute atomic E-state index is 0.144. The van der Waals surface area contributed by atoms with E-state index >= 15 is 0 Å². The lowest BCUT2D eigenvalue weighted by atomic mass is 9.84. The third-order valence-corrected chi connectivity index (χ3v) is 4.12. The van der Waals surface area contributed by atoms with Gasteiger partial charge in [-0.2, -0.15) is 0 Å². The minimum Gasteiger partial charge on any atom is -0.460 e. The highest BCUT2D eigenvalue weighted by atomic mass is 35.5. The van der Waals surface area contributed by atoms with Gasteiger partial charge >= 0.3 is 5.97 Å². The molecule has 0 aliphatic carbocycles. The van der Waals surface area contributed by atoms with E-state index < -0.39 is 11.9 Å². The van der Waals surface area contributed by atoms with E-state index in [1.807, 2.05) is 0 Å². The number of allylic oxidation sites excluding steroid dienone is 1. The second kappa shape index (κ2) is 6.71. The molecule has 1 aromatic rings. The Kier molecular flexibility index (Phi) is 5.14. The molecule has 1 unspecified atom stereocenters. The van der Waals surface area contributed by atoms with Crippen molar-refractivity contribution in [2.45, 2.75) is 39.2 Å². The summed E-state index contributed by atoms with van der Waals surface area (Å²) in [4.78, 5) is 24.2. The Hall–Kier alpha value is -1.52. The molecule has 0 aromatic heterocycles. The molecule has 0 saturated carbocycles. The number of nitrogens with one attached hydrogen (secondary N) is 1. The number of hydrogen-bond acceptors (Lipinski definition) is 3. The fourth-order valence-electron chi connectivity index (χ4n) is 2.46. The van der Waals surface area contributed by atoms with Crippen molar-refractivity contribution in [2.24, 2.45) is 0 Å². The smallest absolute Gasteiger partial charge is 0.336 e. The maximum Gasteiger partial charge on any atom is 0.336 e. The zero-order chi connectivity index (χ0) is 16.4. The van der Waals surface area contributed by atoms with Crippen LogP contribution in [0.15, 0.2) is 29.5 Å². The van der Waals surface area contributed by atoms with Crippen LogP contribution in [0.2, 0.25) is 10.0 Å². The van der Waals surface area contributed by atoms with E-state index in [2.05, 4.69) is 5.32 Å². The number of esters is 1. The van der Waals surface area contributed by atoms with Crippen LogP contribution in [-0.2, 0) is 14.3 Å². The summed E-state index contributed by atoms with van der Waals surface area (Å²) in [7, 11) is 0. The molecule has 22 heavy (non-hydrogen) atoms. The van der Waals surface area contributed by atoms with Gasteiger partial charge in [0.2, 0.25) is 5.91 Å². The Labute approximate surface area is 139 Å². The van der Waals surface area contributed by atoms with Gasteiger partial charge in [-0.05, 0) is 38.5 Å². The Balaban J connectivity index is 2.45. The van der Waals surface area contributed by atoms with Gasteiger partial charge in [-0.25, -0.2) is 4.79 Å². The van der Waals surface area contributed by atoms with E-state index in [0.717, 1.165) is 5.56 Å². The quantitative estimate of drug-likeness (QED) is 0.850. The second-order valence-corrected chi connectivity index (χ2v) is 6.29. The molecular weight excluding hydrogens is 325 g/mol. The van der Waals surface area contributed by atoms with Crippen molar-refractivity contribution in [3.05, 3.63) is 45.1 Å². The maximum atomic E-state index is 12.4. The van der Waals surface area contributed by atoms with E-state index in [0.29, 0.717) is 21.3 Å². The molecule has 2 rings (SSSR count). The molecule has 1 aliphatic rings. The number of benzene rings is 1. The molecule has 0 saturated heterocycles. The van der Waals surface area contributed by atoms with Gasteiger partial charge in [0, 0.05) is 18.0 Å².